The summed E-state index contributed by atoms with van der Waals surface area (Å²) in [5.41, 5.74) is 3.20. The smallest absolute Gasteiger partial charge is 0.00437 e. The molecule has 1 fully saturated rings. The third kappa shape index (κ3) is 4.22. The molecule has 1 aromatic rings. The van der Waals surface area contributed by atoms with Gasteiger partial charge < -0.3 is 0 Å². The van der Waals surface area contributed by atoms with E-state index in [-0.39, 0.29) is 0 Å². The second-order valence-corrected chi connectivity index (χ2v) is 7.66. The lowest BCUT2D eigenvalue weighted by Gasteiger charge is -2.34. The van der Waals surface area contributed by atoms with Crippen LogP contribution in [0.3, 0.4) is 0 Å². The lowest BCUT2D eigenvalue weighted by molar-refractivity contribution is 0.305. The van der Waals surface area contributed by atoms with Gasteiger partial charge in [-0.3, -0.25) is 0 Å². The maximum Gasteiger partial charge on any atom is 0.00437 e. The van der Waals surface area contributed by atoms with Crippen molar-refractivity contribution in [1.29, 1.82) is 0 Å². The fraction of sp³-hybridized carbons (Fsp3) is 0.619. The molecule has 1 aromatic carbocycles. The van der Waals surface area contributed by atoms with Crippen LogP contribution in [0, 0.1) is 23.7 Å². The molecule has 0 amide bonds. The van der Waals surface area contributed by atoms with Gasteiger partial charge in [-0.1, -0.05) is 76.6 Å². The van der Waals surface area contributed by atoms with Gasteiger partial charge in [0.15, 0.2) is 0 Å². The average molecular weight is 284 g/mol. The van der Waals surface area contributed by atoms with E-state index >= 15 is 0 Å². The van der Waals surface area contributed by atoms with E-state index in [1.165, 1.54) is 24.8 Å². The van der Waals surface area contributed by atoms with Gasteiger partial charge in [0, 0.05) is 5.92 Å². The van der Waals surface area contributed by atoms with Crippen molar-refractivity contribution in [2.75, 3.05) is 0 Å². The Morgan fingerprint density at radius 1 is 1.00 bits per heavy atom. The Bertz CT molecular complexity index is 452. The van der Waals surface area contributed by atoms with Gasteiger partial charge in [0.1, 0.15) is 0 Å². The number of hydrogen-bond donors (Lipinski definition) is 0. The molecule has 0 radical (unpaired) electrons. The molecular weight excluding hydrogens is 252 g/mol. The van der Waals surface area contributed by atoms with E-state index in [1.54, 1.807) is 5.57 Å². The zero-order valence-electron chi connectivity index (χ0n) is 14.5. The average Bonchev–Trinajstić information content (AvgIpc) is 2.45. The Morgan fingerprint density at radius 2 is 1.67 bits per heavy atom. The summed E-state index contributed by atoms with van der Waals surface area (Å²) >= 11 is 0. The highest BCUT2D eigenvalue weighted by Gasteiger charge is 2.27. The van der Waals surface area contributed by atoms with Gasteiger partial charge in [0.25, 0.3) is 0 Å². The molecule has 0 unspecified atom stereocenters. The summed E-state index contributed by atoms with van der Waals surface area (Å²) < 4.78 is 0. The van der Waals surface area contributed by atoms with Gasteiger partial charge >= 0.3 is 0 Å². The molecule has 0 spiro atoms. The van der Waals surface area contributed by atoms with Crippen LogP contribution in [0.15, 0.2) is 42.0 Å². The Labute approximate surface area is 131 Å². The van der Waals surface area contributed by atoms with Crippen LogP contribution >= 0.6 is 0 Å². The van der Waals surface area contributed by atoms with Crippen LogP contribution in [-0.4, -0.2) is 0 Å². The fourth-order valence-electron chi connectivity index (χ4n) is 3.84. The van der Waals surface area contributed by atoms with E-state index in [9.17, 15) is 0 Å². The maximum absolute atomic E-state index is 2.63. The molecule has 3 atom stereocenters. The Kier molecular flexibility index (Phi) is 5.67. The molecule has 0 bridgehead atoms. The van der Waals surface area contributed by atoms with Crippen LogP contribution in [0.2, 0.25) is 0 Å². The second-order valence-electron chi connectivity index (χ2n) is 7.66. The van der Waals surface area contributed by atoms with E-state index < -0.39 is 0 Å². The Morgan fingerprint density at radius 3 is 2.24 bits per heavy atom. The molecule has 1 aliphatic carbocycles. The summed E-state index contributed by atoms with van der Waals surface area (Å²) in [7, 11) is 0. The van der Waals surface area contributed by atoms with E-state index in [0.717, 1.165) is 17.8 Å². The number of benzene rings is 1. The molecular formula is C21H32. The third-order valence-corrected chi connectivity index (χ3v) is 5.13. The van der Waals surface area contributed by atoms with Crippen LogP contribution in [0.4, 0.5) is 0 Å². The van der Waals surface area contributed by atoms with Crippen LogP contribution in [0.1, 0.15) is 65.4 Å². The standard InChI is InChI=1S/C21H32/c1-15(2)20-12-11-17(5)13-19(20)14-21(16(3)4)18-9-7-6-8-10-18/h6-10,14-17,20-21H,11-13H2,1-5H3/b19-14+/t17-,20+,21-/m1/s1. The van der Waals surface area contributed by atoms with E-state index in [2.05, 4.69) is 71.0 Å². The SMILES string of the molecule is CC(C)[C@@H]1CC[C@@H](C)C/C1=C\[C@@H](c1ccccc1)C(C)C. The predicted molar refractivity (Wildman–Crippen MR) is 93.4 cm³/mol. The summed E-state index contributed by atoms with van der Waals surface area (Å²) in [5.74, 6) is 3.64. The van der Waals surface area contributed by atoms with Crippen molar-refractivity contribution in [3.63, 3.8) is 0 Å². The first kappa shape index (κ1) is 16.3. The lowest BCUT2D eigenvalue weighted by atomic mass is 9.72. The Hall–Kier alpha value is -1.04. The lowest BCUT2D eigenvalue weighted by Crippen LogP contribution is -2.21. The van der Waals surface area contributed by atoms with Gasteiger partial charge in [-0.2, -0.15) is 0 Å². The quantitative estimate of drug-likeness (QED) is 0.558. The summed E-state index contributed by atoms with van der Waals surface area (Å²) in [4.78, 5) is 0. The Balaban J connectivity index is 2.31. The summed E-state index contributed by atoms with van der Waals surface area (Å²) in [6.45, 7) is 11.9. The van der Waals surface area contributed by atoms with Crippen LogP contribution in [0.5, 0.6) is 0 Å². The minimum atomic E-state index is 0.563. The number of hydrogen-bond acceptors (Lipinski definition) is 0. The molecule has 0 N–H and O–H groups in total. The van der Waals surface area contributed by atoms with Gasteiger partial charge in [-0.25, -0.2) is 0 Å². The van der Waals surface area contributed by atoms with E-state index in [1.807, 2.05) is 0 Å². The molecule has 0 heterocycles. The zero-order chi connectivity index (χ0) is 15.4. The summed E-state index contributed by atoms with van der Waals surface area (Å²) in [6.07, 6.45) is 6.71. The minimum absolute atomic E-state index is 0.563. The third-order valence-electron chi connectivity index (χ3n) is 5.13. The molecule has 116 valence electrons. The molecule has 0 aromatic heterocycles. The van der Waals surface area contributed by atoms with Crippen molar-refractivity contribution in [3.8, 4) is 0 Å². The minimum Gasteiger partial charge on any atom is -0.0772 e. The molecule has 0 heteroatoms. The van der Waals surface area contributed by atoms with E-state index in [0.29, 0.717) is 11.8 Å². The van der Waals surface area contributed by atoms with Gasteiger partial charge in [-0.05, 0) is 48.5 Å². The van der Waals surface area contributed by atoms with Crippen molar-refractivity contribution in [2.45, 2.75) is 59.8 Å². The maximum atomic E-state index is 2.63. The molecule has 1 saturated carbocycles. The van der Waals surface area contributed by atoms with Crippen molar-refractivity contribution < 1.29 is 0 Å². The largest absolute Gasteiger partial charge is 0.0772 e. The van der Waals surface area contributed by atoms with Crippen molar-refractivity contribution in [1.82, 2.24) is 0 Å². The molecule has 0 aliphatic heterocycles. The van der Waals surface area contributed by atoms with Crippen molar-refractivity contribution in [3.05, 3.63) is 47.5 Å². The molecule has 1 aliphatic rings. The number of rotatable bonds is 4. The summed E-state index contributed by atoms with van der Waals surface area (Å²) in [6, 6.07) is 11.0. The molecule has 21 heavy (non-hydrogen) atoms. The van der Waals surface area contributed by atoms with Crippen molar-refractivity contribution in [2.24, 2.45) is 23.7 Å². The first-order valence-corrected chi connectivity index (χ1v) is 8.74. The molecule has 0 saturated heterocycles. The zero-order valence-corrected chi connectivity index (χ0v) is 14.5. The number of allylic oxidation sites excluding steroid dienone is 2. The first-order chi connectivity index (χ1) is 9.99. The molecule has 0 nitrogen and oxygen atoms in total. The van der Waals surface area contributed by atoms with Gasteiger partial charge in [0.2, 0.25) is 0 Å². The van der Waals surface area contributed by atoms with Gasteiger partial charge in [0.05, 0.1) is 0 Å². The van der Waals surface area contributed by atoms with Crippen LogP contribution in [-0.2, 0) is 0 Å². The highest BCUT2D eigenvalue weighted by Crippen LogP contribution is 2.40. The predicted octanol–water partition coefficient (Wildman–Crippen LogP) is 6.44. The van der Waals surface area contributed by atoms with Gasteiger partial charge in [-0.15, -0.1) is 0 Å². The topological polar surface area (TPSA) is 0 Å². The molecule has 2 rings (SSSR count). The first-order valence-electron chi connectivity index (χ1n) is 8.74. The summed E-state index contributed by atoms with van der Waals surface area (Å²) in [5, 5.41) is 0. The van der Waals surface area contributed by atoms with Crippen LogP contribution < -0.4 is 0 Å². The second kappa shape index (κ2) is 7.29. The normalized spacial score (nSPS) is 26.5. The van der Waals surface area contributed by atoms with E-state index in [4.69, 9.17) is 0 Å². The van der Waals surface area contributed by atoms with Crippen LogP contribution in [0.25, 0.3) is 0 Å². The fourth-order valence-corrected chi connectivity index (χ4v) is 3.84. The monoisotopic (exact) mass is 284 g/mol. The highest BCUT2D eigenvalue weighted by molar-refractivity contribution is 5.27. The highest BCUT2D eigenvalue weighted by atomic mass is 14.3. The van der Waals surface area contributed by atoms with Crippen molar-refractivity contribution >= 4 is 0 Å².